The zero-order valence-electron chi connectivity index (χ0n) is 10.4. The van der Waals surface area contributed by atoms with Gasteiger partial charge in [0.15, 0.2) is 0 Å². The van der Waals surface area contributed by atoms with Crippen LogP contribution in [-0.2, 0) is 0 Å². The average Bonchev–Trinajstić information content (AvgIpc) is 2.49. The summed E-state index contributed by atoms with van der Waals surface area (Å²) in [6.45, 7) is 0. The number of para-hydroxylation sites is 1. The molecule has 0 spiro atoms. The van der Waals surface area contributed by atoms with Gasteiger partial charge in [0, 0.05) is 18.0 Å². The van der Waals surface area contributed by atoms with Crippen LogP contribution in [0.1, 0.15) is 17.2 Å². The third-order valence-electron chi connectivity index (χ3n) is 3.17. The fourth-order valence-corrected chi connectivity index (χ4v) is 2.46. The van der Waals surface area contributed by atoms with Crippen LogP contribution in [-0.4, -0.2) is 9.97 Å². The Morgan fingerprint density at radius 3 is 2.55 bits per heavy atom. The quantitative estimate of drug-likeness (QED) is 0.779. The van der Waals surface area contributed by atoms with E-state index in [1.54, 1.807) is 24.5 Å². The van der Waals surface area contributed by atoms with Crippen LogP contribution in [0.5, 0.6) is 0 Å². The van der Waals surface area contributed by atoms with Gasteiger partial charge in [-0.3, -0.25) is 9.97 Å². The Hall–Kier alpha value is -1.68. The summed E-state index contributed by atoms with van der Waals surface area (Å²) < 4.78 is 0. The van der Waals surface area contributed by atoms with Gasteiger partial charge in [-0.1, -0.05) is 41.4 Å². The maximum atomic E-state index is 6.33. The van der Waals surface area contributed by atoms with E-state index in [1.807, 2.05) is 24.3 Å². The molecule has 3 rings (SSSR count). The van der Waals surface area contributed by atoms with Crippen molar-refractivity contribution in [3.63, 3.8) is 0 Å². The first-order valence-corrected chi connectivity index (χ1v) is 6.82. The molecule has 1 unspecified atom stereocenters. The smallest absolute Gasteiger partial charge is 0.0937 e. The van der Waals surface area contributed by atoms with Gasteiger partial charge in [0.25, 0.3) is 0 Å². The number of aromatic nitrogens is 2. The van der Waals surface area contributed by atoms with Crippen LogP contribution in [0, 0.1) is 0 Å². The minimum atomic E-state index is -0.329. The lowest BCUT2D eigenvalue weighted by molar-refractivity contribution is 0.876. The van der Waals surface area contributed by atoms with Crippen molar-refractivity contribution in [2.45, 2.75) is 6.04 Å². The standard InChI is InChI=1S/C15H11Cl2N3/c16-11-5-4-9(8-12(11)17)14(18)10-2-1-3-13-15(10)20-7-6-19-13/h1-8,14H,18H2. The SMILES string of the molecule is NC(c1ccc(Cl)c(Cl)c1)c1cccc2nccnc12. The van der Waals surface area contributed by atoms with Crippen molar-refractivity contribution in [3.05, 3.63) is 70.0 Å². The summed E-state index contributed by atoms with van der Waals surface area (Å²) in [6, 6.07) is 10.8. The number of fused-ring (bicyclic) bond motifs is 1. The number of hydrogen-bond acceptors (Lipinski definition) is 3. The molecule has 0 bridgehead atoms. The maximum Gasteiger partial charge on any atom is 0.0937 e. The lowest BCUT2D eigenvalue weighted by Crippen LogP contribution is -2.12. The molecule has 2 N–H and O–H groups in total. The summed E-state index contributed by atoms with van der Waals surface area (Å²) in [5, 5.41) is 1.01. The van der Waals surface area contributed by atoms with Crippen molar-refractivity contribution >= 4 is 34.2 Å². The monoisotopic (exact) mass is 303 g/mol. The van der Waals surface area contributed by atoms with Gasteiger partial charge >= 0.3 is 0 Å². The second-order valence-electron chi connectivity index (χ2n) is 4.42. The van der Waals surface area contributed by atoms with Gasteiger partial charge in [0.05, 0.1) is 27.1 Å². The van der Waals surface area contributed by atoms with Crippen LogP contribution >= 0.6 is 23.2 Å². The van der Waals surface area contributed by atoms with E-state index in [0.717, 1.165) is 22.2 Å². The highest BCUT2D eigenvalue weighted by atomic mass is 35.5. The van der Waals surface area contributed by atoms with Crippen molar-refractivity contribution < 1.29 is 0 Å². The molecule has 0 aliphatic heterocycles. The zero-order valence-corrected chi connectivity index (χ0v) is 11.9. The fourth-order valence-electron chi connectivity index (χ4n) is 2.15. The largest absolute Gasteiger partial charge is 0.320 e. The van der Waals surface area contributed by atoms with Gasteiger partial charge in [-0.15, -0.1) is 0 Å². The van der Waals surface area contributed by atoms with Gasteiger partial charge in [0.2, 0.25) is 0 Å². The fraction of sp³-hybridized carbons (Fsp3) is 0.0667. The molecule has 1 heterocycles. The second-order valence-corrected chi connectivity index (χ2v) is 5.24. The number of hydrogen-bond donors (Lipinski definition) is 1. The number of nitrogens with two attached hydrogens (primary N) is 1. The van der Waals surface area contributed by atoms with Crippen molar-refractivity contribution in [1.29, 1.82) is 0 Å². The van der Waals surface area contributed by atoms with Crippen molar-refractivity contribution in [2.75, 3.05) is 0 Å². The first kappa shape index (κ1) is 13.3. The molecule has 5 heteroatoms. The molecule has 0 amide bonds. The summed E-state index contributed by atoms with van der Waals surface area (Å²) in [5.41, 5.74) is 9.75. The summed E-state index contributed by atoms with van der Waals surface area (Å²) in [5.74, 6) is 0. The molecule has 0 fully saturated rings. The van der Waals surface area contributed by atoms with Crippen LogP contribution in [0.4, 0.5) is 0 Å². The highest BCUT2D eigenvalue weighted by Gasteiger charge is 2.14. The molecular weight excluding hydrogens is 293 g/mol. The van der Waals surface area contributed by atoms with Crippen LogP contribution < -0.4 is 5.73 Å². The summed E-state index contributed by atoms with van der Waals surface area (Å²) in [4.78, 5) is 8.65. The lowest BCUT2D eigenvalue weighted by atomic mass is 9.98. The molecular formula is C15H11Cl2N3. The summed E-state index contributed by atoms with van der Waals surface area (Å²) >= 11 is 12.0. The predicted octanol–water partition coefficient (Wildman–Crippen LogP) is 3.98. The van der Waals surface area contributed by atoms with Gasteiger partial charge in [0.1, 0.15) is 0 Å². The number of halogens is 2. The van der Waals surface area contributed by atoms with E-state index >= 15 is 0 Å². The topological polar surface area (TPSA) is 51.8 Å². The second kappa shape index (κ2) is 5.37. The van der Waals surface area contributed by atoms with Gasteiger partial charge < -0.3 is 5.73 Å². The molecule has 1 aromatic heterocycles. The number of nitrogens with zero attached hydrogens (tertiary/aromatic N) is 2. The molecule has 3 aromatic rings. The minimum Gasteiger partial charge on any atom is -0.320 e. The van der Waals surface area contributed by atoms with E-state index in [0.29, 0.717) is 10.0 Å². The molecule has 2 aromatic carbocycles. The van der Waals surface area contributed by atoms with Crippen LogP contribution in [0.15, 0.2) is 48.8 Å². The maximum absolute atomic E-state index is 6.33. The lowest BCUT2D eigenvalue weighted by Gasteiger charge is -2.14. The highest BCUT2D eigenvalue weighted by Crippen LogP contribution is 2.29. The van der Waals surface area contributed by atoms with E-state index in [2.05, 4.69) is 9.97 Å². The van der Waals surface area contributed by atoms with Crippen molar-refractivity contribution in [1.82, 2.24) is 9.97 Å². The Labute approximate surface area is 126 Å². The van der Waals surface area contributed by atoms with Crippen LogP contribution in [0.2, 0.25) is 10.0 Å². The molecule has 0 radical (unpaired) electrons. The third-order valence-corrected chi connectivity index (χ3v) is 3.91. The normalized spacial score (nSPS) is 12.6. The van der Waals surface area contributed by atoms with Crippen molar-refractivity contribution in [2.24, 2.45) is 5.73 Å². The van der Waals surface area contributed by atoms with E-state index in [4.69, 9.17) is 28.9 Å². The summed E-state index contributed by atoms with van der Waals surface area (Å²) in [7, 11) is 0. The van der Waals surface area contributed by atoms with Gasteiger partial charge in [-0.05, 0) is 23.8 Å². The minimum absolute atomic E-state index is 0.329. The molecule has 100 valence electrons. The van der Waals surface area contributed by atoms with Crippen molar-refractivity contribution in [3.8, 4) is 0 Å². The molecule has 3 nitrogen and oxygen atoms in total. The zero-order chi connectivity index (χ0) is 14.1. The number of benzene rings is 2. The summed E-state index contributed by atoms with van der Waals surface area (Å²) in [6.07, 6.45) is 3.32. The van der Waals surface area contributed by atoms with Gasteiger partial charge in [-0.2, -0.15) is 0 Å². The molecule has 1 atom stereocenters. The van der Waals surface area contributed by atoms with Crippen LogP contribution in [0.3, 0.4) is 0 Å². The first-order chi connectivity index (χ1) is 9.66. The molecule has 0 saturated heterocycles. The number of rotatable bonds is 2. The highest BCUT2D eigenvalue weighted by molar-refractivity contribution is 6.42. The Bertz CT molecular complexity index is 769. The molecule has 0 aliphatic rings. The Balaban J connectivity index is 2.12. The van der Waals surface area contributed by atoms with E-state index in [1.165, 1.54) is 0 Å². The average molecular weight is 304 g/mol. The molecule has 20 heavy (non-hydrogen) atoms. The molecule has 0 saturated carbocycles. The Kier molecular flexibility index (Phi) is 3.57. The van der Waals surface area contributed by atoms with Gasteiger partial charge in [-0.25, -0.2) is 0 Å². The molecule has 0 aliphatic carbocycles. The van der Waals surface area contributed by atoms with E-state index < -0.39 is 0 Å². The third kappa shape index (κ3) is 2.36. The van der Waals surface area contributed by atoms with E-state index in [9.17, 15) is 0 Å². The Morgan fingerprint density at radius 2 is 1.75 bits per heavy atom. The predicted molar refractivity (Wildman–Crippen MR) is 82.0 cm³/mol. The Morgan fingerprint density at radius 1 is 0.950 bits per heavy atom. The van der Waals surface area contributed by atoms with E-state index in [-0.39, 0.29) is 6.04 Å². The van der Waals surface area contributed by atoms with Crippen LogP contribution in [0.25, 0.3) is 11.0 Å². The first-order valence-electron chi connectivity index (χ1n) is 6.07.